The summed E-state index contributed by atoms with van der Waals surface area (Å²) in [5.41, 5.74) is 1.61. The Hall–Kier alpha value is -3.85. The summed E-state index contributed by atoms with van der Waals surface area (Å²) in [5.74, 6) is -0.561. The van der Waals surface area contributed by atoms with E-state index < -0.39 is 17.2 Å². The molecule has 4 heterocycles. The Labute approximate surface area is 222 Å². The molecule has 0 aromatic carbocycles. The van der Waals surface area contributed by atoms with Gasteiger partial charge < -0.3 is 4.74 Å². The molecule has 4 aromatic rings. The first kappa shape index (κ1) is 25.8. The highest BCUT2D eigenvalue weighted by atomic mass is 35.5. The minimum absolute atomic E-state index is 0.0425. The predicted molar refractivity (Wildman–Crippen MR) is 140 cm³/mol. The number of rotatable bonds is 7. The molecule has 0 aliphatic heterocycles. The van der Waals surface area contributed by atoms with E-state index >= 15 is 0 Å². The van der Waals surface area contributed by atoms with Gasteiger partial charge in [0.1, 0.15) is 34.7 Å². The summed E-state index contributed by atoms with van der Waals surface area (Å²) in [6.45, 7) is 5.23. The molecule has 7 nitrogen and oxygen atoms in total. The van der Waals surface area contributed by atoms with E-state index in [9.17, 15) is 18.4 Å². The van der Waals surface area contributed by atoms with Gasteiger partial charge in [0.05, 0.1) is 11.9 Å². The molecule has 0 N–H and O–H groups in total. The van der Waals surface area contributed by atoms with Crippen molar-refractivity contribution in [1.29, 1.82) is 0 Å². The van der Waals surface area contributed by atoms with E-state index in [1.807, 2.05) is 12.1 Å². The maximum Gasteiger partial charge on any atom is 0.277 e. The Morgan fingerprint density at radius 3 is 2.58 bits per heavy atom. The van der Waals surface area contributed by atoms with Crippen LogP contribution in [0, 0.1) is 31.4 Å². The fourth-order valence-corrected chi connectivity index (χ4v) is 4.74. The van der Waals surface area contributed by atoms with E-state index in [-0.39, 0.29) is 34.6 Å². The summed E-state index contributed by atoms with van der Waals surface area (Å²) in [6.07, 6.45) is 6.39. The van der Waals surface area contributed by atoms with Gasteiger partial charge in [-0.15, -0.1) is 0 Å². The zero-order valence-corrected chi connectivity index (χ0v) is 21.8. The van der Waals surface area contributed by atoms with Crippen LogP contribution in [0.3, 0.4) is 0 Å². The lowest BCUT2D eigenvalue weighted by Gasteiger charge is -2.17. The average Bonchev–Trinajstić information content (AvgIpc) is 3.73. The van der Waals surface area contributed by atoms with Crippen LogP contribution >= 0.6 is 11.6 Å². The van der Waals surface area contributed by atoms with Crippen LogP contribution in [-0.4, -0.2) is 19.1 Å². The number of nitrogens with zero attached hydrogens (tertiary/aromatic N) is 4. The van der Waals surface area contributed by atoms with E-state index in [4.69, 9.17) is 16.3 Å². The number of aromatic nitrogens is 4. The van der Waals surface area contributed by atoms with Crippen molar-refractivity contribution >= 4 is 11.6 Å². The molecule has 38 heavy (non-hydrogen) atoms. The lowest BCUT2D eigenvalue weighted by atomic mass is 9.98. The van der Waals surface area contributed by atoms with Gasteiger partial charge in [-0.05, 0) is 50.2 Å². The number of hydrogen-bond donors (Lipinski definition) is 0. The van der Waals surface area contributed by atoms with E-state index in [1.165, 1.54) is 9.13 Å². The van der Waals surface area contributed by atoms with Crippen molar-refractivity contribution in [3.05, 3.63) is 109 Å². The molecule has 5 rings (SSSR count). The summed E-state index contributed by atoms with van der Waals surface area (Å²) in [4.78, 5) is 34.8. The van der Waals surface area contributed by atoms with Gasteiger partial charge in [-0.1, -0.05) is 24.6 Å². The summed E-state index contributed by atoms with van der Waals surface area (Å²) in [5, 5.41) is -0.215. The predicted octanol–water partition coefficient (Wildman–Crippen LogP) is 5.42. The Morgan fingerprint density at radius 1 is 1.11 bits per heavy atom. The topological polar surface area (TPSA) is 79.0 Å². The van der Waals surface area contributed by atoms with E-state index in [2.05, 4.69) is 16.9 Å². The molecule has 0 bridgehead atoms. The Bertz CT molecular complexity index is 1660. The van der Waals surface area contributed by atoms with Crippen molar-refractivity contribution in [2.24, 2.45) is 5.92 Å². The van der Waals surface area contributed by atoms with Crippen molar-refractivity contribution < 1.29 is 13.5 Å². The molecular weight excluding hydrogens is 514 g/mol. The Kier molecular flexibility index (Phi) is 6.88. The number of ether oxygens (including phenoxy) is 1. The largest absolute Gasteiger partial charge is 0.485 e. The highest BCUT2D eigenvalue weighted by Gasteiger charge is 2.30. The van der Waals surface area contributed by atoms with Gasteiger partial charge in [-0.3, -0.25) is 23.7 Å². The van der Waals surface area contributed by atoms with Crippen molar-refractivity contribution in [3.63, 3.8) is 0 Å². The van der Waals surface area contributed by atoms with Crippen LogP contribution in [0.2, 0.25) is 5.02 Å². The van der Waals surface area contributed by atoms with Crippen LogP contribution in [0.15, 0.2) is 58.5 Å². The van der Waals surface area contributed by atoms with Crippen LogP contribution in [0.1, 0.15) is 48.2 Å². The van der Waals surface area contributed by atoms with Gasteiger partial charge in [0.2, 0.25) is 0 Å². The van der Waals surface area contributed by atoms with Gasteiger partial charge >= 0.3 is 0 Å². The number of pyridine rings is 4. The highest BCUT2D eigenvalue weighted by molar-refractivity contribution is 6.31. The van der Waals surface area contributed by atoms with E-state index in [0.29, 0.717) is 34.7 Å². The van der Waals surface area contributed by atoms with Crippen molar-refractivity contribution in [2.75, 3.05) is 0 Å². The highest BCUT2D eigenvalue weighted by Crippen LogP contribution is 2.41. The van der Waals surface area contributed by atoms with Crippen LogP contribution in [0.25, 0.3) is 11.5 Å². The normalized spacial score (nSPS) is 13.9. The van der Waals surface area contributed by atoms with Crippen LogP contribution in [0.5, 0.6) is 5.75 Å². The van der Waals surface area contributed by atoms with Gasteiger partial charge in [0.25, 0.3) is 11.1 Å². The summed E-state index contributed by atoms with van der Waals surface area (Å²) < 4.78 is 35.5. The maximum atomic E-state index is 13.9. The van der Waals surface area contributed by atoms with Crippen LogP contribution in [0.4, 0.5) is 8.78 Å². The van der Waals surface area contributed by atoms with Crippen LogP contribution in [-0.2, 0) is 6.61 Å². The molecule has 10 heteroatoms. The number of halogens is 3. The standard InChI is InChI=1S/C28H25ClF2N4O3/c1-15-12-33-25(34-8-4-5-20(27(34)36)17(3)18-6-7-18)11-23(15)35-16(2)9-24(26(29)28(35)37)38-14-22-21(31)10-19(30)13-32-22/h4-5,8-13,17-18H,6-7,14H2,1-3H3/t17-/m0/s1. The maximum absolute atomic E-state index is 13.9. The van der Waals surface area contributed by atoms with E-state index in [0.717, 1.165) is 24.6 Å². The van der Waals surface area contributed by atoms with E-state index in [1.54, 1.807) is 38.4 Å². The second-order valence-electron chi connectivity index (χ2n) is 9.57. The zero-order valence-electron chi connectivity index (χ0n) is 21.0. The molecule has 1 fully saturated rings. The van der Waals surface area contributed by atoms with Gasteiger partial charge in [-0.2, -0.15) is 0 Å². The zero-order chi connectivity index (χ0) is 27.1. The minimum Gasteiger partial charge on any atom is -0.485 e. The number of aryl methyl sites for hydroxylation is 2. The second kappa shape index (κ2) is 10.1. The molecule has 0 unspecified atom stereocenters. The van der Waals surface area contributed by atoms with Gasteiger partial charge in [0, 0.05) is 41.9 Å². The lowest BCUT2D eigenvalue weighted by molar-refractivity contribution is 0.292. The molecule has 1 aliphatic carbocycles. The molecule has 1 atom stereocenters. The molecule has 0 amide bonds. The average molecular weight is 539 g/mol. The molecule has 0 spiro atoms. The molecule has 4 aromatic heterocycles. The molecular formula is C28H25ClF2N4O3. The second-order valence-corrected chi connectivity index (χ2v) is 9.95. The van der Waals surface area contributed by atoms with Gasteiger partial charge in [0.15, 0.2) is 5.82 Å². The fraction of sp³-hybridized carbons (Fsp3) is 0.286. The van der Waals surface area contributed by atoms with Crippen molar-refractivity contribution in [2.45, 2.75) is 46.1 Å². The summed E-state index contributed by atoms with van der Waals surface area (Å²) in [6, 6.07) is 7.61. The monoisotopic (exact) mass is 538 g/mol. The molecule has 196 valence electrons. The first-order valence-corrected chi connectivity index (χ1v) is 12.6. The molecule has 0 saturated heterocycles. The third-order valence-electron chi connectivity index (χ3n) is 6.89. The smallest absolute Gasteiger partial charge is 0.277 e. The Balaban J connectivity index is 1.51. The van der Waals surface area contributed by atoms with Gasteiger partial charge in [-0.25, -0.2) is 13.8 Å². The Morgan fingerprint density at radius 2 is 1.87 bits per heavy atom. The first-order chi connectivity index (χ1) is 18.2. The third-order valence-corrected chi connectivity index (χ3v) is 7.24. The lowest BCUT2D eigenvalue weighted by Crippen LogP contribution is -2.26. The van der Waals surface area contributed by atoms with Crippen molar-refractivity contribution in [1.82, 2.24) is 19.1 Å². The molecule has 1 aliphatic rings. The van der Waals surface area contributed by atoms with Crippen molar-refractivity contribution in [3.8, 4) is 17.3 Å². The summed E-state index contributed by atoms with van der Waals surface area (Å²) in [7, 11) is 0. The molecule has 1 saturated carbocycles. The fourth-order valence-electron chi connectivity index (χ4n) is 4.54. The molecule has 0 radical (unpaired) electrons. The first-order valence-electron chi connectivity index (χ1n) is 12.2. The van der Waals surface area contributed by atoms with Crippen LogP contribution < -0.4 is 15.9 Å². The number of hydrogen-bond acceptors (Lipinski definition) is 5. The minimum atomic E-state index is -0.864. The summed E-state index contributed by atoms with van der Waals surface area (Å²) >= 11 is 6.37. The SMILES string of the molecule is Cc1cnc(-n2cccc([C@@H](C)C3CC3)c2=O)cc1-n1c(C)cc(OCc2ncc(F)cc2F)c(Cl)c1=O. The quantitative estimate of drug-likeness (QED) is 0.314. The third kappa shape index (κ3) is 4.86.